The lowest BCUT2D eigenvalue weighted by Gasteiger charge is -2.08. The lowest BCUT2D eigenvalue weighted by Crippen LogP contribution is -2.02. The molecule has 1 aromatic heterocycles. The molecule has 0 N–H and O–H groups in total. The summed E-state index contributed by atoms with van der Waals surface area (Å²) in [4.78, 5) is 1.52. The summed E-state index contributed by atoms with van der Waals surface area (Å²) in [6.07, 6.45) is 4.72. The van der Waals surface area contributed by atoms with Gasteiger partial charge in [0.2, 0.25) is 0 Å². The van der Waals surface area contributed by atoms with Gasteiger partial charge in [0, 0.05) is 10.1 Å². The van der Waals surface area contributed by atoms with Crippen molar-refractivity contribution in [2.24, 2.45) is 0 Å². The third-order valence-electron chi connectivity index (χ3n) is 1.80. The van der Waals surface area contributed by atoms with Crippen LogP contribution in [0, 0.1) is 0 Å². The van der Waals surface area contributed by atoms with Crippen molar-refractivity contribution < 1.29 is 0 Å². The van der Waals surface area contributed by atoms with E-state index in [1.807, 2.05) is 23.1 Å². The topological polar surface area (TPSA) is 0 Å². The maximum atomic E-state index is 2.26. The molecule has 0 amide bonds. The average molecular weight is 186 g/mol. The lowest BCUT2D eigenvalue weighted by atomic mass is 10.2. The molecule has 0 bridgehead atoms. The maximum absolute atomic E-state index is 2.26. The number of thiophene rings is 1. The first-order valence-corrected chi connectivity index (χ1v) is 6.08. The Bertz CT molecular complexity index is 175. The van der Waals surface area contributed by atoms with E-state index in [9.17, 15) is 0 Å². The average Bonchev–Trinajstić information content (AvgIpc) is 2.52. The van der Waals surface area contributed by atoms with Crippen molar-refractivity contribution in [1.82, 2.24) is 0 Å². The van der Waals surface area contributed by atoms with Gasteiger partial charge < -0.3 is 0 Å². The van der Waals surface area contributed by atoms with Crippen LogP contribution >= 0.6 is 23.1 Å². The first-order valence-electron chi connectivity index (χ1n) is 3.92. The summed E-state index contributed by atoms with van der Waals surface area (Å²) in [6.45, 7) is 2.26. The van der Waals surface area contributed by atoms with Gasteiger partial charge in [-0.25, -0.2) is 0 Å². The van der Waals surface area contributed by atoms with E-state index in [2.05, 4.69) is 30.7 Å². The van der Waals surface area contributed by atoms with Gasteiger partial charge in [-0.15, -0.1) is 11.3 Å². The Balaban J connectivity index is 2.41. The fourth-order valence-corrected chi connectivity index (χ4v) is 2.62. The molecular weight excluding hydrogens is 172 g/mol. The monoisotopic (exact) mass is 186 g/mol. The fourth-order valence-electron chi connectivity index (χ4n) is 1.05. The highest BCUT2D eigenvalue weighted by molar-refractivity contribution is 7.99. The van der Waals surface area contributed by atoms with Crippen molar-refractivity contribution >= 4 is 23.1 Å². The van der Waals surface area contributed by atoms with Crippen LogP contribution < -0.4 is 0 Å². The molecule has 0 nitrogen and oxygen atoms in total. The zero-order valence-corrected chi connectivity index (χ0v) is 8.67. The van der Waals surface area contributed by atoms with Gasteiger partial charge in [-0.2, -0.15) is 11.8 Å². The second kappa shape index (κ2) is 4.83. The van der Waals surface area contributed by atoms with E-state index in [4.69, 9.17) is 0 Å². The van der Waals surface area contributed by atoms with E-state index in [1.54, 1.807) is 0 Å². The van der Waals surface area contributed by atoms with Crippen LogP contribution in [0.4, 0.5) is 0 Å². The van der Waals surface area contributed by atoms with E-state index in [1.165, 1.54) is 17.7 Å². The first kappa shape index (κ1) is 9.14. The predicted octanol–water partition coefficient (Wildman–Crippen LogP) is 3.43. The molecule has 0 radical (unpaired) electrons. The van der Waals surface area contributed by atoms with Crippen LogP contribution in [0.15, 0.2) is 17.5 Å². The molecule has 0 aromatic carbocycles. The van der Waals surface area contributed by atoms with Gasteiger partial charge in [0.25, 0.3) is 0 Å². The van der Waals surface area contributed by atoms with Crippen molar-refractivity contribution in [1.29, 1.82) is 0 Å². The Morgan fingerprint density at radius 2 is 2.45 bits per heavy atom. The molecule has 0 saturated carbocycles. The predicted molar refractivity (Wildman–Crippen MR) is 55.6 cm³/mol. The minimum Gasteiger partial charge on any atom is -0.162 e. The third-order valence-corrected chi connectivity index (χ3v) is 3.86. The molecule has 62 valence electrons. The van der Waals surface area contributed by atoms with E-state index in [0.29, 0.717) is 0 Å². The minimum atomic E-state index is 0.814. The number of thioether (sulfide) groups is 1. The Kier molecular flexibility index (Phi) is 4.02. The molecular formula is C9H14S2. The molecule has 0 aliphatic carbocycles. The van der Waals surface area contributed by atoms with Crippen LogP contribution in [-0.2, 0) is 6.42 Å². The largest absolute Gasteiger partial charge is 0.162 e. The maximum Gasteiger partial charge on any atom is 0.00899 e. The Hall–Kier alpha value is 0.0500. The smallest absolute Gasteiger partial charge is 0.00899 e. The number of hydrogen-bond donors (Lipinski definition) is 0. The summed E-state index contributed by atoms with van der Waals surface area (Å²) in [5.74, 6) is 0. The molecule has 11 heavy (non-hydrogen) atoms. The molecule has 1 heterocycles. The molecule has 0 saturated heterocycles. The SMILES string of the molecule is CCC(Cc1cccs1)SC. The summed E-state index contributed by atoms with van der Waals surface area (Å²) in [5, 5.41) is 2.97. The zero-order chi connectivity index (χ0) is 8.10. The molecule has 1 unspecified atom stereocenters. The minimum absolute atomic E-state index is 0.814. The van der Waals surface area contributed by atoms with Crippen LogP contribution in [-0.4, -0.2) is 11.5 Å². The molecule has 0 spiro atoms. The van der Waals surface area contributed by atoms with Crippen molar-refractivity contribution in [2.45, 2.75) is 25.0 Å². The highest BCUT2D eigenvalue weighted by Crippen LogP contribution is 2.19. The van der Waals surface area contributed by atoms with Gasteiger partial charge in [-0.3, -0.25) is 0 Å². The van der Waals surface area contributed by atoms with Crippen LogP contribution in [0.1, 0.15) is 18.2 Å². The highest BCUT2D eigenvalue weighted by atomic mass is 32.2. The Morgan fingerprint density at radius 3 is 2.91 bits per heavy atom. The molecule has 2 heteroatoms. The Labute approximate surface area is 77.0 Å². The van der Waals surface area contributed by atoms with E-state index < -0.39 is 0 Å². The van der Waals surface area contributed by atoms with Crippen LogP contribution in [0.3, 0.4) is 0 Å². The van der Waals surface area contributed by atoms with Gasteiger partial charge in [0.05, 0.1) is 0 Å². The second-order valence-electron chi connectivity index (χ2n) is 2.55. The van der Waals surface area contributed by atoms with Gasteiger partial charge in [-0.1, -0.05) is 13.0 Å². The van der Waals surface area contributed by atoms with Gasteiger partial charge >= 0.3 is 0 Å². The van der Waals surface area contributed by atoms with E-state index in [0.717, 1.165) is 5.25 Å². The highest BCUT2D eigenvalue weighted by Gasteiger charge is 2.04. The molecule has 0 aliphatic rings. The van der Waals surface area contributed by atoms with Crippen LogP contribution in [0.5, 0.6) is 0 Å². The molecule has 1 atom stereocenters. The Morgan fingerprint density at radius 1 is 1.64 bits per heavy atom. The van der Waals surface area contributed by atoms with Gasteiger partial charge in [-0.05, 0) is 30.5 Å². The number of rotatable bonds is 4. The standard InChI is InChI=1S/C9H14S2/c1-3-8(10-2)7-9-5-4-6-11-9/h4-6,8H,3,7H2,1-2H3. The van der Waals surface area contributed by atoms with Crippen LogP contribution in [0.2, 0.25) is 0 Å². The van der Waals surface area contributed by atoms with E-state index in [-0.39, 0.29) is 0 Å². The van der Waals surface area contributed by atoms with Crippen molar-refractivity contribution in [3.63, 3.8) is 0 Å². The molecule has 1 rings (SSSR count). The zero-order valence-electron chi connectivity index (χ0n) is 7.04. The van der Waals surface area contributed by atoms with Gasteiger partial charge in [0.15, 0.2) is 0 Å². The number of hydrogen-bond acceptors (Lipinski definition) is 2. The normalized spacial score (nSPS) is 13.3. The summed E-state index contributed by atoms with van der Waals surface area (Å²) in [5.41, 5.74) is 0. The quantitative estimate of drug-likeness (QED) is 0.694. The second-order valence-corrected chi connectivity index (χ2v) is 4.72. The van der Waals surface area contributed by atoms with Crippen LogP contribution in [0.25, 0.3) is 0 Å². The summed E-state index contributed by atoms with van der Waals surface area (Å²) < 4.78 is 0. The molecule has 1 aromatic rings. The summed E-state index contributed by atoms with van der Waals surface area (Å²) in [7, 11) is 0. The summed E-state index contributed by atoms with van der Waals surface area (Å²) >= 11 is 3.84. The van der Waals surface area contributed by atoms with Crippen molar-refractivity contribution in [3.8, 4) is 0 Å². The fraction of sp³-hybridized carbons (Fsp3) is 0.556. The third kappa shape index (κ3) is 2.88. The first-order chi connectivity index (χ1) is 5.36. The van der Waals surface area contributed by atoms with E-state index >= 15 is 0 Å². The molecule has 0 aliphatic heterocycles. The van der Waals surface area contributed by atoms with Gasteiger partial charge in [0.1, 0.15) is 0 Å². The lowest BCUT2D eigenvalue weighted by molar-refractivity contribution is 0.827. The summed E-state index contributed by atoms with van der Waals surface area (Å²) in [6, 6.07) is 4.36. The van der Waals surface area contributed by atoms with Crippen molar-refractivity contribution in [2.75, 3.05) is 6.26 Å². The molecule has 0 fully saturated rings. The van der Waals surface area contributed by atoms with Crippen molar-refractivity contribution in [3.05, 3.63) is 22.4 Å².